The number of pyridine rings is 2. The van der Waals surface area contributed by atoms with E-state index in [0.29, 0.717) is 35.2 Å². The number of nitrogens with zero attached hydrogens (tertiary/aromatic N) is 5. The largest absolute Gasteiger partial charge is 0.477 e. The van der Waals surface area contributed by atoms with Gasteiger partial charge >= 0.3 is 5.97 Å². The summed E-state index contributed by atoms with van der Waals surface area (Å²) in [5.41, 5.74) is 2.74. The van der Waals surface area contributed by atoms with E-state index in [1.165, 1.54) is 17.1 Å². The molecule has 12 nitrogen and oxygen atoms in total. The smallest absolute Gasteiger partial charge is 0.341 e. The first-order valence-corrected chi connectivity index (χ1v) is 10.2. The molecule has 0 bridgehead atoms. The fourth-order valence-corrected chi connectivity index (χ4v) is 3.79. The predicted octanol–water partition coefficient (Wildman–Crippen LogP) is -0.693. The first-order chi connectivity index (χ1) is 14.9. The van der Waals surface area contributed by atoms with Crippen LogP contribution in [0, 0.1) is 6.92 Å². The van der Waals surface area contributed by atoms with Gasteiger partial charge in [0.2, 0.25) is 10.6 Å². The van der Waals surface area contributed by atoms with E-state index in [2.05, 4.69) is 19.8 Å². The average molecular weight is 448 g/mol. The molecule has 1 saturated heterocycles. The Morgan fingerprint density at radius 3 is 2.74 bits per heavy atom. The monoisotopic (exact) mass is 448 g/mol. The van der Waals surface area contributed by atoms with Crippen LogP contribution in [0.25, 0.3) is 16.2 Å². The number of carboxylic acids is 1. The molecule has 4 heterocycles. The van der Waals surface area contributed by atoms with Crippen molar-refractivity contribution in [3.8, 4) is 5.13 Å². The summed E-state index contributed by atoms with van der Waals surface area (Å²) in [4.78, 5) is 40.3. The first kappa shape index (κ1) is 21.3. The van der Waals surface area contributed by atoms with Gasteiger partial charge in [0, 0.05) is 30.8 Å². The van der Waals surface area contributed by atoms with Crippen molar-refractivity contribution in [1.29, 1.82) is 0 Å². The van der Waals surface area contributed by atoms with E-state index in [-0.39, 0.29) is 30.2 Å². The SMILES string of the molecule is Cc1cc(N2CC(NOC(CO)CO)C2)nc2c1c(=O)c(C(=O)O)cn2-c1ncns1. The Bertz CT molecular complexity index is 1160. The standard InChI is InChI=1S/C18H20N6O6S/c1-9-2-13(23-3-10(4-23)22-30-11(6-25)7-26)21-16-14(9)15(27)12(17(28)29)5-24(16)18-19-8-20-31-18/h2,5,8,10-11,22,25-26H,3-4,6-7H2,1H3,(H,28,29). The number of aromatic carboxylic acids is 1. The maximum atomic E-state index is 12.8. The molecule has 1 aliphatic heterocycles. The lowest BCUT2D eigenvalue weighted by Crippen LogP contribution is -2.59. The van der Waals surface area contributed by atoms with Gasteiger partial charge in [-0.3, -0.25) is 14.2 Å². The third kappa shape index (κ3) is 4.00. The maximum absolute atomic E-state index is 12.8. The molecule has 0 amide bonds. The number of aromatic nitrogens is 4. The van der Waals surface area contributed by atoms with Crippen LogP contribution in [0.15, 0.2) is 23.4 Å². The maximum Gasteiger partial charge on any atom is 0.341 e. The Hall–Kier alpha value is -2.97. The number of hydrogen-bond donors (Lipinski definition) is 4. The molecule has 0 aromatic carbocycles. The molecule has 1 aliphatic rings. The van der Waals surface area contributed by atoms with E-state index in [1.54, 1.807) is 13.0 Å². The minimum absolute atomic E-state index is 0.0295. The number of rotatable bonds is 8. The number of aryl methyl sites for hydroxylation is 1. The molecule has 164 valence electrons. The molecule has 1 fully saturated rings. The van der Waals surface area contributed by atoms with Gasteiger partial charge in [-0.15, -0.1) is 0 Å². The van der Waals surface area contributed by atoms with Crippen LogP contribution in [0.2, 0.25) is 0 Å². The van der Waals surface area contributed by atoms with Crippen molar-refractivity contribution in [3.63, 3.8) is 0 Å². The van der Waals surface area contributed by atoms with Crippen molar-refractivity contribution < 1.29 is 25.0 Å². The van der Waals surface area contributed by atoms with Crippen LogP contribution < -0.4 is 15.8 Å². The van der Waals surface area contributed by atoms with Gasteiger partial charge in [-0.1, -0.05) is 0 Å². The van der Waals surface area contributed by atoms with Crippen molar-refractivity contribution in [2.45, 2.75) is 19.1 Å². The van der Waals surface area contributed by atoms with Gasteiger partial charge in [-0.25, -0.2) is 14.8 Å². The fraction of sp³-hybridized carbons (Fsp3) is 0.389. The highest BCUT2D eigenvalue weighted by molar-refractivity contribution is 7.08. The number of aliphatic hydroxyl groups is 2. The molecule has 0 saturated carbocycles. The third-order valence-electron chi connectivity index (χ3n) is 4.94. The van der Waals surface area contributed by atoms with Gasteiger partial charge in [-0.2, -0.15) is 9.85 Å². The van der Waals surface area contributed by atoms with Gasteiger partial charge in [0.05, 0.1) is 24.6 Å². The molecular weight excluding hydrogens is 428 g/mol. The number of carbonyl (C=O) groups is 1. The van der Waals surface area contributed by atoms with Crippen LogP contribution in [0.3, 0.4) is 0 Å². The zero-order chi connectivity index (χ0) is 22.1. The van der Waals surface area contributed by atoms with Gasteiger partial charge in [0.1, 0.15) is 23.8 Å². The molecule has 0 spiro atoms. The minimum atomic E-state index is -1.32. The zero-order valence-electron chi connectivity index (χ0n) is 16.4. The molecule has 0 atom stereocenters. The number of anilines is 1. The third-order valence-corrected chi connectivity index (χ3v) is 5.61. The molecule has 0 unspecified atom stereocenters. The second-order valence-electron chi connectivity index (χ2n) is 7.09. The summed E-state index contributed by atoms with van der Waals surface area (Å²) in [6.45, 7) is 2.24. The van der Waals surface area contributed by atoms with Gasteiger partial charge in [0.25, 0.3) is 0 Å². The highest BCUT2D eigenvalue weighted by atomic mass is 32.1. The Labute approximate surface area is 179 Å². The van der Waals surface area contributed by atoms with Crippen LogP contribution in [0.1, 0.15) is 15.9 Å². The normalized spacial score (nSPS) is 14.4. The van der Waals surface area contributed by atoms with E-state index in [1.807, 2.05) is 4.90 Å². The minimum Gasteiger partial charge on any atom is -0.477 e. The molecular formula is C18H20N6O6S. The van der Waals surface area contributed by atoms with Crippen LogP contribution in [-0.4, -0.2) is 78.6 Å². The average Bonchev–Trinajstić information content (AvgIpc) is 3.24. The molecule has 13 heteroatoms. The summed E-state index contributed by atoms with van der Waals surface area (Å²) >= 11 is 1.06. The molecule has 31 heavy (non-hydrogen) atoms. The summed E-state index contributed by atoms with van der Waals surface area (Å²) in [5.74, 6) is -0.709. The lowest BCUT2D eigenvalue weighted by Gasteiger charge is -2.40. The van der Waals surface area contributed by atoms with E-state index in [9.17, 15) is 14.7 Å². The molecule has 4 rings (SSSR count). The Morgan fingerprint density at radius 1 is 1.39 bits per heavy atom. The van der Waals surface area contributed by atoms with Gasteiger partial charge < -0.3 is 20.2 Å². The lowest BCUT2D eigenvalue weighted by atomic mass is 10.1. The van der Waals surface area contributed by atoms with Crippen LogP contribution in [0.5, 0.6) is 0 Å². The van der Waals surface area contributed by atoms with E-state index in [0.717, 1.165) is 11.5 Å². The van der Waals surface area contributed by atoms with Gasteiger partial charge in [0.15, 0.2) is 5.65 Å². The zero-order valence-corrected chi connectivity index (χ0v) is 17.2. The summed E-state index contributed by atoms with van der Waals surface area (Å²) in [5, 5.41) is 28.2. The number of fused-ring (bicyclic) bond motifs is 1. The molecule has 0 radical (unpaired) electrons. The van der Waals surface area contributed by atoms with Crippen molar-refractivity contribution in [2.24, 2.45) is 0 Å². The predicted molar refractivity (Wildman–Crippen MR) is 111 cm³/mol. The second kappa shape index (κ2) is 8.64. The van der Waals surface area contributed by atoms with E-state index < -0.39 is 17.5 Å². The van der Waals surface area contributed by atoms with Crippen LogP contribution in [-0.2, 0) is 4.84 Å². The summed E-state index contributed by atoms with van der Waals surface area (Å²) in [7, 11) is 0. The summed E-state index contributed by atoms with van der Waals surface area (Å²) in [6, 6.07) is 1.71. The molecule has 0 aliphatic carbocycles. The molecule has 3 aromatic rings. The topological polar surface area (TPSA) is 163 Å². The highest BCUT2D eigenvalue weighted by Gasteiger charge is 2.30. The number of hydroxylamine groups is 1. The molecule has 3 aromatic heterocycles. The summed E-state index contributed by atoms with van der Waals surface area (Å²) in [6.07, 6.45) is 1.88. The second-order valence-corrected chi connectivity index (χ2v) is 7.85. The van der Waals surface area contributed by atoms with Crippen molar-refractivity contribution >= 4 is 34.4 Å². The number of carboxylic acid groups (broad SMARTS) is 1. The van der Waals surface area contributed by atoms with E-state index >= 15 is 0 Å². The Kier molecular flexibility index (Phi) is 5.93. The number of hydrogen-bond acceptors (Lipinski definition) is 11. The van der Waals surface area contributed by atoms with Crippen molar-refractivity contribution in [3.05, 3.63) is 39.9 Å². The highest BCUT2D eigenvalue weighted by Crippen LogP contribution is 2.26. The quantitative estimate of drug-likeness (QED) is 0.322. The lowest BCUT2D eigenvalue weighted by molar-refractivity contribution is -0.0895. The van der Waals surface area contributed by atoms with E-state index in [4.69, 9.17) is 15.1 Å². The Balaban J connectivity index is 1.67. The number of nitrogens with one attached hydrogen (secondary N) is 1. The number of aliphatic hydroxyl groups excluding tert-OH is 2. The fourth-order valence-electron chi connectivity index (χ4n) is 3.28. The van der Waals surface area contributed by atoms with Crippen molar-refractivity contribution in [2.75, 3.05) is 31.2 Å². The Morgan fingerprint density at radius 2 is 2.13 bits per heavy atom. The first-order valence-electron chi connectivity index (χ1n) is 9.38. The summed E-state index contributed by atoms with van der Waals surface area (Å²) < 4.78 is 5.43. The van der Waals surface area contributed by atoms with Crippen LogP contribution >= 0.6 is 11.5 Å². The van der Waals surface area contributed by atoms with Crippen molar-refractivity contribution in [1.82, 2.24) is 24.4 Å². The van der Waals surface area contributed by atoms with Crippen LogP contribution in [0.4, 0.5) is 5.82 Å². The molecule has 4 N–H and O–H groups in total. The van der Waals surface area contributed by atoms with Gasteiger partial charge in [-0.05, 0) is 18.6 Å².